The van der Waals surface area contributed by atoms with Gasteiger partial charge in [0.1, 0.15) is 6.10 Å². The molecule has 1 heterocycles. The lowest BCUT2D eigenvalue weighted by Crippen LogP contribution is -2.36. The Hall–Kier alpha value is -2.57. The van der Waals surface area contributed by atoms with Crippen LogP contribution in [0, 0.1) is 0 Å². The molecule has 1 aromatic carbocycles. The van der Waals surface area contributed by atoms with E-state index in [0.29, 0.717) is 30.4 Å². The molecule has 0 fully saturated rings. The van der Waals surface area contributed by atoms with Gasteiger partial charge in [0, 0.05) is 6.54 Å². The lowest BCUT2D eigenvalue weighted by molar-refractivity contribution is 0.0546. The van der Waals surface area contributed by atoms with Crippen molar-refractivity contribution in [3.8, 4) is 0 Å². The summed E-state index contributed by atoms with van der Waals surface area (Å²) in [5, 5.41) is 8.50. The zero-order valence-electron chi connectivity index (χ0n) is 11.5. The van der Waals surface area contributed by atoms with Gasteiger partial charge in [0.2, 0.25) is 0 Å². The number of ether oxygens (including phenoxy) is 1. The van der Waals surface area contributed by atoms with E-state index in [1.165, 1.54) is 4.57 Å². The number of rotatable bonds is 5. The molecule has 21 heavy (non-hydrogen) atoms. The number of hydrogen-bond donors (Lipinski definition) is 2. The van der Waals surface area contributed by atoms with E-state index >= 15 is 0 Å². The van der Waals surface area contributed by atoms with Crippen LogP contribution in [0.4, 0.5) is 4.79 Å². The average molecular weight is 292 g/mol. The first-order valence-electron chi connectivity index (χ1n) is 6.60. The molecule has 0 spiro atoms. The van der Waals surface area contributed by atoms with Gasteiger partial charge in [-0.3, -0.25) is 9.59 Å². The number of H-pyrrole nitrogens is 1. The second kappa shape index (κ2) is 6.25. The Kier molecular flexibility index (Phi) is 4.42. The van der Waals surface area contributed by atoms with Crippen molar-refractivity contribution < 1.29 is 14.6 Å². The highest BCUT2D eigenvalue weighted by atomic mass is 16.7. The third-order valence-corrected chi connectivity index (χ3v) is 3.18. The Labute approximate surface area is 119 Å². The quantitative estimate of drug-likeness (QED) is 0.643. The van der Waals surface area contributed by atoms with Crippen molar-refractivity contribution in [2.45, 2.75) is 32.4 Å². The first kappa shape index (κ1) is 14.8. The largest absolute Gasteiger partial charge is 0.506 e. The van der Waals surface area contributed by atoms with Crippen molar-refractivity contribution in [3.05, 3.63) is 45.0 Å². The molecular formula is C14H16N2O5. The molecule has 2 N–H and O–H groups in total. The van der Waals surface area contributed by atoms with Crippen LogP contribution in [0.3, 0.4) is 0 Å². The lowest BCUT2D eigenvalue weighted by Gasteiger charge is -2.12. The summed E-state index contributed by atoms with van der Waals surface area (Å²) in [6, 6.07) is 7.04. The highest BCUT2D eigenvalue weighted by Crippen LogP contribution is 2.09. The molecule has 112 valence electrons. The molecule has 0 aliphatic heterocycles. The predicted molar refractivity (Wildman–Crippen MR) is 76.6 cm³/mol. The summed E-state index contributed by atoms with van der Waals surface area (Å²) in [5.41, 5.74) is -0.0325. The number of aromatic nitrogens is 2. The van der Waals surface area contributed by atoms with E-state index in [1.807, 2.05) is 0 Å². The number of para-hydroxylation sites is 2. The zero-order chi connectivity index (χ0) is 15.4. The molecule has 0 aliphatic rings. The molecule has 0 radical (unpaired) electrons. The third kappa shape index (κ3) is 3.50. The summed E-state index contributed by atoms with van der Waals surface area (Å²) < 4.78 is 6.00. The topological polar surface area (TPSA) is 101 Å². The summed E-state index contributed by atoms with van der Waals surface area (Å²) >= 11 is 0. The van der Waals surface area contributed by atoms with E-state index in [4.69, 9.17) is 5.11 Å². The minimum Gasteiger partial charge on any atom is -0.450 e. The van der Waals surface area contributed by atoms with E-state index in [9.17, 15) is 14.4 Å². The van der Waals surface area contributed by atoms with E-state index in [0.717, 1.165) is 0 Å². The highest BCUT2D eigenvalue weighted by molar-refractivity contribution is 5.74. The fourth-order valence-electron chi connectivity index (χ4n) is 2.21. The van der Waals surface area contributed by atoms with Gasteiger partial charge in [0.15, 0.2) is 0 Å². The number of nitrogens with zero attached hydrogens (tertiary/aromatic N) is 1. The summed E-state index contributed by atoms with van der Waals surface area (Å²) in [5.74, 6) is 0. The Morgan fingerprint density at radius 3 is 2.81 bits per heavy atom. The number of carbonyl (C=O) groups is 1. The summed E-state index contributed by atoms with van der Waals surface area (Å²) in [6.07, 6.45) is -0.769. The van der Waals surface area contributed by atoms with Crippen LogP contribution in [-0.2, 0) is 11.3 Å². The molecule has 1 atom stereocenters. The molecule has 7 heteroatoms. The van der Waals surface area contributed by atoms with E-state index in [2.05, 4.69) is 9.72 Å². The first-order valence-corrected chi connectivity index (χ1v) is 6.60. The molecule has 0 amide bonds. The number of fused-ring (bicyclic) bond motifs is 1. The molecule has 0 saturated heterocycles. The van der Waals surface area contributed by atoms with Gasteiger partial charge in [0.05, 0.1) is 11.0 Å². The fourth-order valence-corrected chi connectivity index (χ4v) is 2.21. The minimum atomic E-state index is -1.32. The second-order valence-electron chi connectivity index (χ2n) is 4.76. The van der Waals surface area contributed by atoms with Crippen LogP contribution < -0.4 is 11.1 Å². The Bertz CT molecular complexity index is 762. The van der Waals surface area contributed by atoms with E-state index in [1.54, 1.807) is 31.2 Å². The number of hydrogen-bond acceptors (Lipinski definition) is 4. The predicted octanol–water partition coefficient (Wildman–Crippen LogP) is 1.55. The van der Waals surface area contributed by atoms with Gasteiger partial charge in [-0.05, 0) is 31.9 Å². The van der Waals surface area contributed by atoms with Gasteiger partial charge in [-0.25, -0.2) is 4.79 Å². The fraction of sp³-hybridized carbons (Fsp3) is 0.357. The number of benzene rings is 1. The maximum absolute atomic E-state index is 11.9. The van der Waals surface area contributed by atoms with Crippen molar-refractivity contribution in [1.82, 2.24) is 9.55 Å². The van der Waals surface area contributed by atoms with Crippen LogP contribution in [-0.4, -0.2) is 26.9 Å². The number of aromatic amines is 1. The SMILES string of the molecule is CC(CCCn1c(=O)c(=O)[nH]c2ccccc21)OC(=O)O. The molecule has 0 bridgehead atoms. The molecule has 1 unspecified atom stereocenters. The van der Waals surface area contributed by atoms with Gasteiger partial charge in [0.25, 0.3) is 0 Å². The van der Waals surface area contributed by atoms with Crippen molar-refractivity contribution in [2.75, 3.05) is 0 Å². The summed E-state index contributed by atoms with van der Waals surface area (Å²) in [7, 11) is 0. The van der Waals surface area contributed by atoms with Gasteiger partial charge < -0.3 is 19.4 Å². The van der Waals surface area contributed by atoms with Gasteiger partial charge >= 0.3 is 17.3 Å². The monoisotopic (exact) mass is 292 g/mol. The number of nitrogens with one attached hydrogen (secondary N) is 1. The maximum atomic E-state index is 11.9. The van der Waals surface area contributed by atoms with Crippen molar-refractivity contribution in [1.29, 1.82) is 0 Å². The third-order valence-electron chi connectivity index (χ3n) is 3.18. The van der Waals surface area contributed by atoms with Crippen molar-refractivity contribution in [3.63, 3.8) is 0 Å². The van der Waals surface area contributed by atoms with Crippen LogP contribution >= 0.6 is 0 Å². The first-order chi connectivity index (χ1) is 9.99. The van der Waals surface area contributed by atoms with Crippen molar-refractivity contribution >= 4 is 17.2 Å². The van der Waals surface area contributed by atoms with Crippen LogP contribution in [0.5, 0.6) is 0 Å². The van der Waals surface area contributed by atoms with Crippen molar-refractivity contribution in [2.24, 2.45) is 0 Å². The molecule has 0 saturated carbocycles. The lowest BCUT2D eigenvalue weighted by atomic mass is 10.2. The van der Waals surface area contributed by atoms with Crippen LogP contribution in [0.25, 0.3) is 11.0 Å². The Balaban J connectivity index is 2.18. The molecule has 1 aromatic heterocycles. The van der Waals surface area contributed by atoms with Gasteiger partial charge in [-0.1, -0.05) is 12.1 Å². The van der Waals surface area contributed by atoms with Crippen LogP contribution in [0.1, 0.15) is 19.8 Å². The highest BCUT2D eigenvalue weighted by Gasteiger charge is 2.10. The smallest absolute Gasteiger partial charge is 0.450 e. The number of carboxylic acid groups (broad SMARTS) is 1. The summed E-state index contributed by atoms with van der Waals surface area (Å²) in [4.78, 5) is 36.5. The average Bonchev–Trinajstić information content (AvgIpc) is 2.42. The summed E-state index contributed by atoms with van der Waals surface area (Å²) in [6.45, 7) is 1.98. The van der Waals surface area contributed by atoms with E-state index in [-0.39, 0.29) is 0 Å². The van der Waals surface area contributed by atoms with Crippen LogP contribution in [0.2, 0.25) is 0 Å². The zero-order valence-corrected chi connectivity index (χ0v) is 11.5. The molecule has 2 rings (SSSR count). The van der Waals surface area contributed by atoms with Gasteiger partial charge in [-0.2, -0.15) is 0 Å². The minimum absolute atomic E-state index is 0.330. The van der Waals surface area contributed by atoms with Gasteiger partial charge in [-0.15, -0.1) is 0 Å². The Morgan fingerprint density at radius 2 is 2.10 bits per heavy atom. The standard InChI is InChI=1S/C14H16N2O5/c1-9(21-14(19)20)5-4-8-16-11-7-3-2-6-10(11)15-12(17)13(16)18/h2-3,6-7,9H,4-5,8H2,1H3,(H,15,17)(H,19,20). The second-order valence-corrected chi connectivity index (χ2v) is 4.76. The van der Waals surface area contributed by atoms with Crippen LogP contribution in [0.15, 0.2) is 33.9 Å². The molecule has 2 aromatic rings. The maximum Gasteiger partial charge on any atom is 0.506 e. The van der Waals surface area contributed by atoms with E-state index < -0.39 is 23.4 Å². The molecule has 7 nitrogen and oxygen atoms in total. The molecular weight excluding hydrogens is 276 g/mol. The molecule has 0 aliphatic carbocycles. The normalized spacial score (nSPS) is 12.2. The Morgan fingerprint density at radius 1 is 1.38 bits per heavy atom. The number of aryl methyl sites for hydroxylation is 1.